The van der Waals surface area contributed by atoms with E-state index in [0.717, 1.165) is 0 Å². The fourth-order valence-electron chi connectivity index (χ4n) is 2.52. The molecular weight excluding hydrogens is 298 g/mol. The van der Waals surface area contributed by atoms with Gasteiger partial charge in [0.15, 0.2) is 0 Å². The number of methoxy groups -OCH3 is 1. The van der Waals surface area contributed by atoms with E-state index in [2.05, 4.69) is 10.3 Å². The van der Waals surface area contributed by atoms with E-state index in [9.17, 15) is 9.59 Å². The number of dihydropyridines is 1. The van der Waals surface area contributed by atoms with Crippen LogP contribution in [0.15, 0.2) is 52.9 Å². The number of ether oxygens (including phenoxy) is 2. The summed E-state index contributed by atoms with van der Waals surface area (Å²) in [6.07, 6.45) is 4.51. The number of nitrogens with two attached hydrogens (primary N) is 1. The highest BCUT2D eigenvalue weighted by atomic mass is 16.5. The first-order valence-corrected chi connectivity index (χ1v) is 6.96. The van der Waals surface area contributed by atoms with Crippen molar-refractivity contribution >= 4 is 18.0 Å². The molecule has 7 nitrogen and oxygen atoms in total. The number of primary amides is 1. The van der Waals surface area contributed by atoms with Crippen LogP contribution in [0.4, 0.5) is 0 Å². The first-order chi connectivity index (χ1) is 11.1. The minimum Gasteiger partial charge on any atom is -0.496 e. The lowest BCUT2D eigenvalue weighted by molar-refractivity contribution is -0.118. The van der Waals surface area contributed by atoms with Crippen molar-refractivity contribution in [1.29, 1.82) is 0 Å². The summed E-state index contributed by atoms with van der Waals surface area (Å²) in [6, 6.07) is 6.79. The van der Waals surface area contributed by atoms with Crippen LogP contribution in [0.1, 0.15) is 10.4 Å². The maximum atomic E-state index is 12.5. The second-order valence-electron chi connectivity index (χ2n) is 4.98. The van der Waals surface area contributed by atoms with Crippen LogP contribution in [0.25, 0.3) is 0 Å². The smallest absolute Gasteiger partial charge is 0.285 e. The molecule has 1 aromatic carbocycles. The fourth-order valence-corrected chi connectivity index (χ4v) is 2.52. The van der Waals surface area contributed by atoms with Crippen molar-refractivity contribution in [2.24, 2.45) is 16.6 Å². The van der Waals surface area contributed by atoms with E-state index in [1.165, 1.54) is 7.11 Å². The van der Waals surface area contributed by atoms with E-state index >= 15 is 0 Å². The summed E-state index contributed by atoms with van der Waals surface area (Å²) in [4.78, 5) is 28.2. The number of benzene rings is 1. The summed E-state index contributed by atoms with van der Waals surface area (Å²) < 4.78 is 10.6. The van der Waals surface area contributed by atoms with E-state index in [1.54, 1.807) is 42.6 Å². The van der Waals surface area contributed by atoms with E-state index in [0.29, 0.717) is 17.0 Å². The average molecular weight is 313 g/mol. The molecule has 0 aromatic heterocycles. The minimum absolute atomic E-state index is 0.0769. The molecule has 118 valence electrons. The van der Waals surface area contributed by atoms with E-state index < -0.39 is 18.0 Å². The Balaban J connectivity index is 1.91. The predicted octanol–water partition coefficient (Wildman–Crippen LogP) is 0.735. The molecule has 3 N–H and O–H groups in total. The van der Waals surface area contributed by atoms with Crippen molar-refractivity contribution in [3.8, 4) is 5.75 Å². The van der Waals surface area contributed by atoms with Gasteiger partial charge in [-0.3, -0.25) is 9.59 Å². The van der Waals surface area contributed by atoms with Gasteiger partial charge in [0.05, 0.1) is 24.3 Å². The van der Waals surface area contributed by atoms with Gasteiger partial charge >= 0.3 is 0 Å². The van der Waals surface area contributed by atoms with E-state index in [4.69, 9.17) is 15.2 Å². The second-order valence-corrected chi connectivity index (χ2v) is 4.98. The van der Waals surface area contributed by atoms with Gasteiger partial charge in [-0.1, -0.05) is 18.2 Å². The number of nitrogens with one attached hydrogen (secondary N) is 1. The van der Waals surface area contributed by atoms with Gasteiger partial charge in [0.2, 0.25) is 12.0 Å². The third-order valence-electron chi connectivity index (χ3n) is 3.58. The zero-order valence-corrected chi connectivity index (χ0v) is 12.4. The van der Waals surface area contributed by atoms with Crippen molar-refractivity contribution in [3.05, 3.63) is 53.4 Å². The summed E-state index contributed by atoms with van der Waals surface area (Å²) >= 11 is 0. The number of aliphatic imine (C=N–C) groups is 1. The Labute approximate surface area is 132 Å². The summed E-state index contributed by atoms with van der Waals surface area (Å²) in [5, 5.41) is 2.71. The molecule has 1 aromatic rings. The van der Waals surface area contributed by atoms with Gasteiger partial charge < -0.3 is 20.5 Å². The molecular formula is C16H15N3O4. The number of carbonyl (C=O) groups excluding carboxylic acids is 2. The molecule has 2 aliphatic rings. The molecule has 23 heavy (non-hydrogen) atoms. The van der Waals surface area contributed by atoms with Crippen LogP contribution in [0.5, 0.6) is 5.75 Å². The maximum absolute atomic E-state index is 12.5. The second kappa shape index (κ2) is 5.96. The predicted molar refractivity (Wildman–Crippen MR) is 82.7 cm³/mol. The van der Waals surface area contributed by atoms with Crippen LogP contribution in [0.2, 0.25) is 0 Å². The SMILES string of the molecule is COc1ccccc1C(=O)NC1=C(C(N)=O)OC2N=CC=CC12. The van der Waals surface area contributed by atoms with Gasteiger partial charge in [-0.15, -0.1) is 0 Å². The zero-order valence-electron chi connectivity index (χ0n) is 12.4. The lowest BCUT2D eigenvalue weighted by atomic mass is 10.0. The van der Waals surface area contributed by atoms with Gasteiger partial charge in [-0.25, -0.2) is 4.99 Å². The van der Waals surface area contributed by atoms with Crippen molar-refractivity contribution in [2.45, 2.75) is 6.23 Å². The van der Waals surface area contributed by atoms with Crippen molar-refractivity contribution < 1.29 is 19.1 Å². The number of para-hydroxylation sites is 1. The standard InChI is InChI=1S/C16H15N3O4/c1-22-11-7-3-2-5-9(11)15(21)19-12-10-6-4-8-18-16(10)23-13(12)14(17)20/h2-8,10,16H,1H3,(H2,17,20)(H,19,21). The molecule has 7 heteroatoms. The molecule has 0 radical (unpaired) electrons. The van der Waals surface area contributed by atoms with E-state index in [1.807, 2.05) is 0 Å². The number of allylic oxidation sites excluding steroid dienone is 1. The largest absolute Gasteiger partial charge is 0.496 e. The van der Waals surface area contributed by atoms with Crippen LogP contribution >= 0.6 is 0 Å². The Morgan fingerprint density at radius 2 is 2.13 bits per heavy atom. The zero-order chi connectivity index (χ0) is 16.4. The molecule has 2 atom stereocenters. The van der Waals surface area contributed by atoms with Gasteiger partial charge in [0.1, 0.15) is 5.75 Å². The van der Waals surface area contributed by atoms with E-state index in [-0.39, 0.29) is 11.7 Å². The summed E-state index contributed by atoms with van der Waals surface area (Å²) in [6.45, 7) is 0. The lowest BCUT2D eigenvalue weighted by Gasteiger charge is -2.17. The molecule has 0 saturated heterocycles. The molecule has 2 heterocycles. The lowest BCUT2D eigenvalue weighted by Crippen LogP contribution is -2.30. The van der Waals surface area contributed by atoms with Crippen LogP contribution in [-0.4, -0.2) is 31.4 Å². The Morgan fingerprint density at radius 1 is 1.35 bits per heavy atom. The molecule has 0 aliphatic carbocycles. The molecule has 2 unspecified atom stereocenters. The Morgan fingerprint density at radius 3 is 2.87 bits per heavy atom. The molecule has 2 aliphatic heterocycles. The number of rotatable bonds is 4. The normalized spacial score (nSPS) is 21.6. The first kappa shape index (κ1) is 14.8. The van der Waals surface area contributed by atoms with Gasteiger partial charge in [-0.2, -0.15) is 0 Å². The van der Waals surface area contributed by atoms with Crippen molar-refractivity contribution in [3.63, 3.8) is 0 Å². The fraction of sp³-hybridized carbons (Fsp3) is 0.188. The number of amides is 2. The monoisotopic (exact) mass is 313 g/mol. The first-order valence-electron chi connectivity index (χ1n) is 6.96. The highest BCUT2D eigenvalue weighted by Gasteiger charge is 2.39. The number of hydrogen-bond acceptors (Lipinski definition) is 5. The molecule has 2 amide bonds. The van der Waals surface area contributed by atoms with Crippen LogP contribution < -0.4 is 15.8 Å². The highest BCUT2D eigenvalue weighted by molar-refractivity contribution is 5.99. The molecule has 0 fully saturated rings. The third-order valence-corrected chi connectivity index (χ3v) is 3.58. The third kappa shape index (κ3) is 2.68. The molecule has 0 spiro atoms. The highest BCUT2D eigenvalue weighted by Crippen LogP contribution is 2.33. The topological polar surface area (TPSA) is 103 Å². The Bertz CT molecular complexity index is 751. The van der Waals surface area contributed by atoms with Crippen LogP contribution in [0.3, 0.4) is 0 Å². The quantitative estimate of drug-likeness (QED) is 0.855. The Hall–Kier alpha value is -3.09. The van der Waals surface area contributed by atoms with Crippen molar-refractivity contribution in [1.82, 2.24) is 5.32 Å². The number of nitrogens with zero attached hydrogens (tertiary/aromatic N) is 1. The number of carbonyl (C=O) groups is 2. The van der Waals surface area contributed by atoms with Gasteiger partial charge in [-0.05, 0) is 18.2 Å². The molecule has 0 saturated carbocycles. The minimum atomic E-state index is -0.752. The summed E-state index contributed by atoms with van der Waals surface area (Å²) in [7, 11) is 1.48. The maximum Gasteiger partial charge on any atom is 0.285 e. The summed E-state index contributed by atoms with van der Waals surface area (Å²) in [5.74, 6) is -1.17. The molecule has 3 rings (SSSR count). The van der Waals surface area contributed by atoms with Gasteiger partial charge in [0.25, 0.3) is 11.8 Å². The van der Waals surface area contributed by atoms with Crippen molar-refractivity contribution in [2.75, 3.05) is 7.11 Å². The van der Waals surface area contributed by atoms with Crippen LogP contribution in [0, 0.1) is 5.92 Å². The molecule has 0 bridgehead atoms. The average Bonchev–Trinajstić information content (AvgIpc) is 2.94. The number of hydrogen-bond donors (Lipinski definition) is 2. The number of fused-ring (bicyclic) bond motifs is 1. The van der Waals surface area contributed by atoms with Gasteiger partial charge in [0, 0.05) is 6.21 Å². The summed E-state index contributed by atoms with van der Waals surface area (Å²) in [5.41, 5.74) is 6.00. The van der Waals surface area contributed by atoms with Crippen LogP contribution in [-0.2, 0) is 9.53 Å². The Kier molecular flexibility index (Phi) is 3.84.